The molecule has 0 bridgehead atoms. The molecule has 4 aromatic carbocycles. The number of furan rings is 1. The van der Waals surface area contributed by atoms with Gasteiger partial charge in [0, 0.05) is 28.1 Å². The van der Waals surface area contributed by atoms with Crippen molar-refractivity contribution < 1.29 is 33.3 Å². The number of aldehydes is 1. The molecule has 0 aliphatic rings. The van der Waals surface area contributed by atoms with Gasteiger partial charge in [0.05, 0.1) is 37.8 Å². The lowest BCUT2D eigenvalue weighted by Gasteiger charge is -2.10. The number of rotatable bonds is 6. The molecule has 1 atom stereocenters. The van der Waals surface area contributed by atoms with E-state index < -0.39 is 0 Å². The summed E-state index contributed by atoms with van der Waals surface area (Å²) in [5, 5.41) is 11.4. The Morgan fingerprint density at radius 1 is 0.837 bits per heavy atom. The molecule has 1 heterocycles. The van der Waals surface area contributed by atoms with Crippen LogP contribution in [0, 0.1) is 0 Å². The summed E-state index contributed by atoms with van der Waals surface area (Å²) in [5.41, 5.74) is 2.76. The lowest BCUT2D eigenvalue weighted by Crippen LogP contribution is -2.10. The van der Waals surface area contributed by atoms with Crippen molar-refractivity contribution in [3.05, 3.63) is 112 Å². The van der Waals surface area contributed by atoms with Gasteiger partial charge in [-0.2, -0.15) is 0 Å². The molecule has 5 rings (SSSR count). The fraction of sp³-hybridized carbons (Fsp3) is 0.152. The van der Waals surface area contributed by atoms with Crippen LogP contribution in [-0.4, -0.2) is 38.7 Å². The van der Waals surface area contributed by atoms with E-state index >= 15 is 0 Å². The fourth-order valence-electron chi connectivity index (χ4n) is 3.81. The summed E-state index contributed by atoms with van der Waals surface area (Å²) in [6.45, 7) is 1.77. The Balaban J connectivity index is 0.000000231. The zero-order valence-corrected chi connectivity index (χ0v) is 27.1. The molecule has 0 aliphatic heterocycles. The highest BCUT2D eigenvalue weighted by Crippen LogP contribution is 2.33. The Labute approximate surface area is 270 Å². The lowest BCUT2D eigenvalue weighted by atomic mass is 10.0. The highest BCUT2D eigenvalue weighted by atomic mass is 79.9. The summed E-state index contributed by atoms with van der Waals surface area (Å²) in [6.07, 6.45) is 0.592. The van der Waals surface area contributed by atoms with E-state index in [1.165, 1.54) is 26.4 Å². The molecule has 5 aromatic rings. The molecule has 0 saturated heterocycles. The van der Waals surface area contributed by atoms with Crippen molar-refractivity contribution in [2.75, 3.05) is 21.3 Å². The van der Waals surface area contributed by atoms with E-state index in [0.717, 1.165) is 33.6 Å². The van der Waals surface area contributed by atoms with Crippen LogP contribution in [0.3, 0.4) is 0 Å². The number of halogens is 3. The number of esters is 1. The molecule has 1 unspecified atom stereocenters. The number of benzene rings is 4. The lowest BCUT2D eigenvalue weighted by molar-refractivity contribution is -0.142. The van der Waals surface area contributed by atoms with Crippen LogP contribution in [-0.2, 0) is 9.53 Å². The average molecular weight is 690 g/mol. The van der Waals surface area contributed by atoms with Gasteiger partial charge in [-0.05, 0) is 61.0 Å². The van der Waals surface area contributed by atoms with E-state index in [9.17, 15) is 9.59 Å². The van der Waals surface area contributed by atoms with Crippen LogP contribution >= 0.6 is 40.2 Å². The van der Waals surface area contributed by atoms with E-state index in [1.54, 1.807) is 26.2 Å². The van der Waals surface area contributed by atoms with Crippen LogP contribution in [0.2, 0.25) is 10.0 Å². The van der Waals surface area contributed by atoms with Crippen molar-refractivity contribution in [3.63, 3.8) is 0 Å². The molecule has 0 aliphatic carbocycles. The summed E-state index contributed by atoms with van der Waals surface area (Å²) in [4.78, 5) is 21.4. The number of carbonyl (C=O) groups is 2. The first-order valence-corrected chi connectivity index (χ1v) is 13.4. The van der Waals surface area contributed by atoms with E-state index in [4.69, 9.17) is 42.2 Å². The first-order chi connectivity index (χ1) is 20.2. The predicted octanol–water partition coefficient (Wildman–Crippen LogP) is 9.17. The topological polar surface area (TPSA) is 95.2 Å². The molecule has 0 fully saturated rings. The van der Waals surface area contributed by atoms with Crippen molar-refractivity contribution in [1.82, 2.24) is 0 Å². The number of carbonyl (C=O) groups excluding carboxylic acids is 2. The van der Waals surface area contributed by atoms with Gasteiger partial charge >= 0.3 is 5.97 Å². The predicted molar refractivity (Wildman–Crippen MR) is 175 cm³/mol. The minimum Gasteiger partial charge on any atom is -0.507 e. The molecule has 0 saturated carbocycles. The minimum absolute atomic E-state index is 0. The van der Waals surface area contributed by atoms with E-state index in [2.05, 4.69) is 4.74 Å². The Morgan fingerprint density at radius 3 is 2.02 bits per heavy atom. The number of phenols is 1. The number of hydrogen-bond acceptors (Lipinski definition) is 7. The Morgan fingerprint density at radius 2 is 1.44 bits per heavy atom. The molecule has 10 heteroatoms. The Kier molecular flexibility index (Phi) is 14.1. The molecular weight excluding hydrogens is 659 g/mol. The van der Waals surface area contributed by atoms with Crippen LogP contribution in [0.15, 0.2) is 95.4 Å². The Bertz CT molecular complexity index is 1650. The second kappa shape index (κ2) is 17.2. The third-order valence-electron chi connectivity index (χ3n) is 6.16. The van der Waals surface area contributed by atoms with Gasteiger partial charge in [-0.3, -0.25) is 9.59 Å². The third-order valence-corrected chi connectivity index (χ3v) is 6.83. The van der Waals surface area contributed by atoms with Gasteiger partial charge in [0.25, 0.3) is 0 Å². The van der Waals surface area contributed by atoms with Gasteiger partial charge in [0.2, 0.25) is 0 Å². The second-order valence-electron chi connectivity index (χ2n) is 8.80. The zero-order chi connectivity index (χ0) is 30.6. The van der Waals surface area contributed by atoms with Crippen molar-refractivity contribution in [1.29, 1.82) is 0 Å². The van der Waals surface area contributed by atoms with Gasteiger partial charge in [-0.15, -0.1) is 17.0 Å². The number of aromatic hydroxyl groups is 1. The summed E-state index contributed by atoms with van der Waals surface area (Å²) < 4.78 is 20.4. The number of fused-ring (bicyclic) bond motifs is 1. The smallest absolute Gasteiger partial charge is 0.312 e. The minimum atomic E-state index is -0.307. The van der Waals surface area contributed by atoms with Gasteiger partial charge in [0.15, 0.2) is 6.29 Å². The molecule has 0 spiro atoms. The highest BCUT2D eigenvalue weighted by molar-refractivity contribution is 8.93. The van der Waals surface area contributed by atoms with Crippen LogP contribution in [0.5, 0.6) is 17.2 Å². The van der Waals surface area contributed by atoms with Crippen molar-refractivity contribution in [3.8, 4) is 28.6 Å². The van der Waals surface area contributed by atoms with E-state index in [0.29, 0.717) is 22.1 Å². The summed E-state index contributed by atoms with van der Waals surface area (Å²) >= 11 is 12.1. The standard InChI is InChI=1S/C15H11ClO2.C10H11ClO2.C8H8O3.BrH/c1-17-11-7-6-10-8-15(18-14(10)9-11)12-4-2-3-5-13(12)16;1-7(10(12)13-2)8-5-3-4-6-9(8)11;1-11-7-3-2-6(5-9)8(10)4-7;/h2-9H,1H3;3-7H,1-2H3;2-5,10H,1H3;1H. The van der Waals surface area contributed by atoms with Crippen molar-refractivity contribution >= 4 is 63.4 Å². The second-order valence-corrected chi connectivity index (χ2v) is 9.62. The van der Waals surface area contributed by atoms with Gasteiger partial charge < -0.3 is 23.7 Å². The van der Waals surface area contributed by atoms with E-state index in [1.807, 2.05) is 66.7 Å². The first-order valence-electron chi connectivity index (χ1n) is 12.7. The number of ether oxygens (including phenoxy) is 3. The summed E-state index contributed by atoms with van der Waals surface area (Å²) in [7, 11) is 4.50. The third kappa shape index (κ3) is 9.51. The van der Waals surface area contributed by atoms with Gasteiger partial charge in [-0.1, -0.05) is 53.5 Å². The molecule has 0 radical (unpaired) electrons. The average Bonchev–Trinajstić information content (AvgIpc) is 3.44. The molecule has 1 aromatic heterocycles. The maximum atomic E-state index is 11.2. The molecule has 43 heavy (non-hydrogen) atoms. The van der Waals surface area contributed by atoms with Gasteiger partial charge in [0.1, 0.15) is 28.6 Å². The number of methoxy groups -OCH3 is 3. The largest absolute Gasteiger partial charge is 0.507 e. The number of phenolic OH excluding ortho intramolecular Hbond substituents is 1. The molecule has 0 amide bonds. The van der Waals surface area contributed by atoms with Gasteiger partial charge in [-0.25, -0.2) is 0 Å². The molecule has 226 valence electrons. The molecule has 1 N–H and O–H groups in total. The molecule has 7 nitrogen and oxygen atoms in total. The van der Waals surface area contributed by atoms with Crippen molar-refractivity contribution in [2.45, 2.75) is 12.8 Å². The van der Waals surface area contributed by atoms with Crippen LogP contribution < -0.4 is 9.47 Å². The Hall–Kier alpha value is -3.98. The maximum Gasteiger partial charge on any atom is 0.312 e. The summed E-state index contributed by atoms with van der Waals surface area (Å²) in [5.74, 6) is 1.45. The first kappa shape index (κ1) is 35.2. The van der Waals surface area contributed by atoms with Crippen LogP contribution in [0.1, 0.15) is 28.8 Å². The SMILES string of the molecule is Br.COC(=O)C(C)c1ccccc1Cl.COc1ccc(C=O)c(O)c1.COc1ccc2cc(-c3ccccc3Cl)oc2c1. The van der Waals surface area contributed by atoms with Crippen LogP contribution in [0.4, 0.5) is 0 Å². The zero-order valence-electron chi connectivity index (χ0n) is 23.9. The quantitative estimate of drug-likeness (QED) is 0.140. The highest BCUT2D eigenvalue weighted by Gasteiger charge is 2.17. The fourth-order valence-corrected chi connectivity index (χ4v) is 4.34. The van der Waals surface area contributed by atoms with Crippen LogP contribution in [0.25, 0.3) is 22.3 Å². The molecular formula is C33H31BrCl2O7. The van der Waals surface area contributed by atoms with E-state index in [-0.39, 0.29) is 40.2 Å². The summed E-state index contributed by atoms with van der Waals surface area (Å²) in [6, 6.07) is 27.1. The number of hydrogen-bond donors (Lipinski definition) is 1. The normalized spacial score (nSPS) is 10.6. The maximum absolute atomic E-state index is 11.2. The van der Waals surface area contributed by atoms with Crippen molar-refractivity contribution in [2.24, 2.45) is 0 Å². The monoisotopic (exact) mass is 688 g/mol.